The van der Waals surface area contributed by atoms with Crippen LogP contribution in [0.3, 0.4) is 0 Å². The van der Waals surface area contributed by atoms with E-state index in [9.17, 15) is 8.42 Å². The van der Waals surface area contributed by atoms with Crippen LogP contribution in [0, 0.1) is 19.8 Å². The van der Waals surface area contributed by atoms with E-state index in [1.165, 1.54) is 16.7 Å². The van der Waals surface area contributed by atoms with Gasteiger partial charge in [0.15, 0.2) is 9.84 Å². The van der Waals surface area contributed by atoms with Gasteiger partial charge < -0.3 is 5.32 Å². The van der Waals surface area contributed by atoms with E-state index in [2.05, 4.69) is 37.4 Å². The molecule has 3 nitrogen and oxygen atoms in total. The third-order valence-corrected chi connectivity index (χ3v) is 5.63. The largest absolute Gasteiger partial charge is 0.312 e. The van der Waals surface area contributed by atoms with Gasteiger partial charge in [-0.05, 0) is 49.4 Å². The van der Waals surface area contributed by atoms with Crippen molar-refractivity contribution in [1.82, 2.24) is 5.32 Å². The van der Waals surface area contributed by atoms with Gasteiger partial charge in [0.1, 0.15) is 0 Å². The summed E-state index contributed by atoms with van der Waals surface area (Å²) < 4.78 is 22.7. The van der Waals surface area contributed by atoms with Crippen molar-refractivity contribution >= 4 is 9.84 Å². The first-order valence-corrected chi connectivity index (χ1v) is 8.26. The quantitative estimate of drug-likeness (QED) is 0.905. The Balaban J connectivity index is 1.84. The molecule has 0 spiro atoms. The fraction of sp³-hybridized carbons (Fsp3) is 0.571. The molecule has 0 aromatic heterocycles. The molecule has 1 saturated heterocycles. The molecule has 1 aliphatic rings. The monoisotopic (exact) mass is 267 g/mol. The van der Waals surface area contributed by atoms with E-state index in [1.54, 1.807) is 0 Å². The second kappa shape index (κ2) is 5.41. The van der Waals surface area contributed by atoms with E-state index < -0.39 is 9.84 Å². The Bertz CT molecular complexity index is 523. The van der Waals surface area contributed by atoms with Crippen molar-refractivity contribution < 1.29 is 8.42 Å². The predicted molar refractivity (Wildman–Crippen MR) is 74.4 cm³/mol. The van der Waals surface area contributed by atoms with Crippen molar-refractivity contribution in [2.75, 3.05) is 18.1 Å². The molecule has 1 heterocycles. The fourth-order valence-corrected chi connectivity index (χ4v) is 4.31. The summed E-state index contributed by atoms with van der Waals surface area (Å²) in [7, 11) is -2.75. The molecule has 1 unspecified atom stereocenters. The predicted octanol–water partition coefficient (Wildman–Crippen LogP) is 1.83. The normalized spacial score (nSPS) is 22.2. The molecule has 1 aromatic rings. The Morgan fingerprint density at radius 3 is 2.78 bits per heavy atom. The van der Waals surface area contributed by atoms with Crippen molar-refractivity contribution in [3.63, 3.8) is 0 Å². The zero-order valence-corrected chi connectivity index (χ0v) is 11.9. The van der Waals surface area contributed by atoms with E-state index in [4.69, 9.17) is 0 Å². The molecule has 1 fully saturated rings. The molecule has 0 radical (unpaired) electrons. The summed E-state index contributed by atoms with van der Waals surface area (Å²) in [6.45, 7) is 5.87. The molecule has 4 heteroatoms. The summed E-state index contributed by atoms with van der Waals surface area (Å²) in [6.07, 6.45) is 0.808. The molecular weight excluding hydrogens is 246 g/mol. The van der Waals surface area contributed by atoms with E-state index in [0.29, 0.717) is 17.4 Å². The number of sulfone groups is 1. The van der Waals surface area contributed by atoms with Crippen LogP contribution in [0.15, 0.2) is 18.2 Å². The van der Waals surface area contributed by atoms with Crippen LogP contribution in [0.2, 0.25) is 0 Å². The minimum absolute atomic E-state index is 0.292. The first kappa shape index (κ1) is 13.6. The smallest absolute Gasteiger partial charge is 0.150 e. The number of benzene rings is 1. The Morgan fingerprint density at radius 1 is 1.33 bits per heavy atom. The van der Waals surface area contributed by atoms with Gasteiger partial charge in [0.05, 0.1) is 11.5 Å². The third-order valence-electron chi connectivity index (χ3n) is 3.79. The molecule has 1 N–H and O–H groups in total. The summed E-state index contributed by atoms with van der Waals surface area (Å²) >= 11 is 0. The van der Waals surface area contributed by atoms with Crippen LogP contribution < -0.4 is 5.32 Å². The fourth-order valence-electron chi connectivity index (χ4n) is 2.45. The molecule has 18 heavy (non-hydrogen) atoms. The van der Waals surface area contributed by atoms with E-state index >= 15 is 0 Å². The maximum absolute atomic E-state index is 11.3. The Morgan fingerprint density at radius 2 is 2.11 bits per heavy atom. The molecule has 1 aromatic carbocycles. The zero-order valence-electron chi connectivity index (χ0n) is 11.1. The summed E-state index contributed by atoms with van der Waals surface area (Å²) in [5.74, 6) is 1.01. The Kier molecular flexibility index (Phi) is 4.07. The second-order valence-electron chi connectivity index (χ2n) is 5.26. The van der Waals surface area contributed by atoms with Crippen LogP contribution in [0.5, 0.6) is 0 Å². The Labute approximate surface area is 110 Å². The molecule has 0 bridgehead atoms. The SMILES string of the molecule is Cc1cccc(CNCC2CCS(=O)(=O)C2)c1C. The van der Waals surface area contributed by atoms with Crippen LogP contribution in [0.1, 0.15) is 23.1 Å². The highest BCUT2D eigenvalue weighted by Crippen LogP contribution is 2.18. The van der Waals surface area contributed by atoms with Gasteiger partial charge in [0.25, 0.3) is 0 Å². The van der Waals surface area contributed by atoms with Crippen molar-refractivity contribution in [3.05, 3.63) is 34.9 Å². The highest BCUT2D eigenvalue weighted by molar-refractivity contribution is 7.91. The lowest BCUT2D eigenvalue weighted by atomic mass is 10.0. The zero-order chi connectivity index (χ0) is 13.2. The van der Waals surface area contributed by atoms with Crippen LogP contribution in [0.25, 0.3) is 0 Å². The van der Waals surface area contributed by atoms with Crippen molar-refractivity contribution in [2.24, 2.45) is 5.92 Å². The van der Waals surface area contributed by atoms with Gasteiger partial charge in [-0.25, -0.2) is 8.42 Å². The van der Waals surface area contributed by atoms with Gasteiger partial charge >= 0.3 is 0 Å². The highest BCUT2D eigenvalue weighted by Gasteiger charge is 2.27. The summed E-state index contributed by atoms with van der Waals surface area (Å²) in [5, 5.41) is 3.38. The lowest BCUT2D eigenvalue weighted by molar-refractivity contribution is 0.520. The summed E-state index contributed by atoms with van der Waals surface area (Å²) in [5.41, 5.74) is 3.93. The minimum atomic E-state index is -2.75. The lowest BCUT2D eigenvalue weighted by Crippen LogP contribution is -2.23. The average Bonchev–Trinajstić information content (AvgIpc) is 2.64. The second-order valence-corrected chi connectivity index (χ2v) is 7.49. The van der Waals surface area contributed by atoms with Gasteiger partial charge in [-0.3, -0.25) is 0 Å². The van der Waals surface area contributed by atoms with Gasteiger partial charge in [0.2, 0.25) is 0 Å². The first-order valence-electron chi connectivity index (χ1n) is 6.44. The molecule has 2 rings (SSSR count). The molecule has 1 aliphatic heterocycles. The molecule has 100 valence electrons. The van der Waals surface area contributed by atoms with E-state index in [0.717, 1.165) is 19.5 Å². The molecule has 0 amide bonds. The van der Waals surface area contributed by atoms with Gasteiger partial charge in [-0.1, -0.05) is 18.2 Å². The van der Waals surface area contributed by atoms with E-state index in [-0.39, 0.29) is 0 Å². The maximum atomic E-state index is 11.3. The Hall–Kier alpha value is -0.870. The van der Waals surface area contributed by atoms with E-state index in [1.807, 2.05) is 0 Å². The third kappa shape index (κ3) is 3.33. The van der Waals surface area contributed by atoms with Crippen LogP contribution >= 0.6 is 0 Å². The van der Waals surface area contributed by atoms with Crippen molar-refractivity contribution in [1.29, 1.82) is 0 Å². The lowest BCUT2D eigenvalue weighted by Gasteiger charge is -2.12. The molecular formula is C14H21NO2S. The van der Waals surface area contributed by atoms with Gasteiger partial charge in [-0.15, -0.1) is 0 Å². The number of rotatable bonds is 4. The van der Waals surface area contributed by atoms with Crippen LogP contribution in [0.4, 0.5) is 0 Å². The minimum Gasteiger partial charge on any atom is -0.312 e. The molecule has 1 atom stereocenters. The number of aryl methyl sites for hydroxylation is 1. The standard InChI is InChI=1S/C14H21NO2S/c1-11-4-3-5-14(12(11)2)9-15-8-13-6-7-18(16,17)10-13/h3-5,13,15H,6-10H2,1-2H3. The van der Waals surface area contributed by atoms with Crippen molar-refractivity contribution in [2.45, 2.75) is 26.8 Å². The topological polar surface area (TPSA) is 46.2 Å². The summed E-state index contributed by atoms with van der Waals surface area (Å²) in [4.78, 5) is 0. The number of nitrogens with one attached hydrogen (secondary N) is 1. The number of hydrogen-bond donors (Lipinski definition) is 1. The van der Waals surface area contributed by atoms with Crippen molar-refractivity contribution in [3.8, 4) is 0 Å². The van der Waals surface area contributed by atoms with Gasteiger partial charge in [-0.2, -0.15) is 0 Å². The molecule has 0 saturated carbocycles. The average molecular weight is 267 g/mol. The molecule has 0 aliphatic carbocycles. The summed E-state index contributed by atoms with van der Waals surface area (Å²) in [6, 6.07) is 6.31. The highest BCUT2D eigenvalue weighted by atomic mass is 32.2. The van der Waals surface area contributed by atoms with Crippen LogP contribution in [-0.2, 0) is 16.4 Å². The maximum Gasteiger partial charge on any atom is 0.150 e. The van der Waals surface area contributed by atoms with Gasteiger partial charge in [0, 0.05) is 6.54 Å². The first-order chi connectivity index (χ1) is 8.48. The van der Waals surface area contributed by atoms with Crippen LogP contribution in [-0.4, -0.2) is 26.5 Å². The number of hydrogen-bond acceptors (Lipinski definition) is 3.